The van der Waals surface area contributed by atoms with Gasteiger partial charge in [-0.15, -0.1) is 5.10 Å². The molecule has 1 fully saturated rings. The first-order valence-electron chi connectivity index (χ1n) is 5.66. The molecular formula is C10H15N5O3. The molecule has 8 heteroatoms. The van der Waals surface area contributed by atoms with Crippen LogP contribution in [0.4, 0.5) is 11.9 Å². The number of rotatable bonds is 2. The summed E-state index contributed by atoms with van der Waals surface area (Å²) in [6.07, 6.45) is 0. The van der Waals surface area contributed by atoms with Gasteiger partial charge in [0.05, 0.1) is 13.2 Å². The van der Waals surface area contributed by atoms with Gasteiger partial charge in [0, 0.05) is 26.9 Å². The number of hydrogen-bond donors (Lipinski definition) is 1. The van der Waals surface area contributed by atoms with E-state index in [0.717, 1.165) is 0 Å². The SMILES string of the molecule is CC(=O)Nc1nc(N2CCOCC2)n(C(C)=O)n1. The molecule has 1 aliphatic rings. The van der Waals surface area contributed by atoms with Crippen LogP contribution in [-0.4, -0.2) is 52.9 Å². The third kappa shape index (κ3) is 2.65. The number of morpholine rings is 1. The molecule has 0 aliphatic carbocycles. The molecular weight excluding hydrogens is 238 g/mol. The second-order valence-corrected chi connectivity index (χ2v) is 3.95. The maximum absolute atomic E-state index is 11.5. The molecule has 0 unspecified atom stereocenters. The average molecular weight is 253 g/mol. The lowest BCUT2D eigenvalue weighted by atomic mass is 10.4. The van der Waals surface area contributed by atoms with Crippen LogP contribution in [0.5, 0.6) is 0 Å². The van der Waals surface area contributed by atoms with E-state index in [1.165, 1.54) is 18.5 Å². The summed E-state index contributed by atoms with van der Waals surface area (Å²) in [6, 6.07) is 0. The highest BCUT2D eigenvalue weighted by Gasteiger charge is 2.21. The number of aromatic nitrogens is 3. The van der Waals surface area contributed by atoms with Gasteiger partial charge in [-0.2, -0.15) is 9.67 Å². The highest BCUT2D eigenvalue weighted by molar-refractivity contribution is 5.87. The Morgan fingerprint density at radius 1 is 1.28 bits per heavy atom. The fourth-order valence-corrected chi connectivity index (χ4v) is 1.69. The molecule has 0 radical (unpaired) electrons. The Hall–Kier alpha value is -1.96. The Bertz CT molecular complexity index is 464. The molecule has 98 valence electrons. The van der Waals surface area contributed by atoms with Crippen molar-refractivity contribution < 1.29 is 14.3 Å². The summed E-state index contributed by atoms with van der Waals surface area (Å²) in [6.45, 7) is 5.22. The van der Waals surface area contributed by atoms with E-state index >= 15 is 0 Å². The maximum Gasteiger partial charge on any atom is 0.251 e. The number of anilines is 2. The topological polar surface area (TPSA) is 89.4 Å². The van der Waals surface area contributed by atoms with E-state index in [2.05, 4.69) is 15.4 Å². The van der Waals surface area contributed by atoms with Crippen LogP contribution in [0.15, 0.2) is 0 Å². The minimum Gasteiger partial charge on any atom is -0.378 e. The van der Waals surface area contributed by atoms with Gasteiger partial charge in [-0.1, -0.05) is 0 Å². The van der Waals surface area contributed by atoms with Gasteiger partial charge in [-0.05, 0) is 0 Å². The van der Waals surface area contributed by atoms with E-state index in [1.54, 1.807) is 0 Å². The summed E-state index contributed by atoms with van der Waals surface area (Å²) in [5.41, 5.74) is 0. The highest BCUT2D eigenvalue weighted by Crippen LogP contribution is 2.15. The van der Waals surface area contributed by atoms with Crippen LogP contribution in [0.1, 0.15) is 18.6 Å². The van der Waals surface area contributed by atoms with Crippen molar-refractivity contribution >= 4 is 23.7 Å². The molecule has 1 aromatic rings. The number of ether oxygens (including phenoxy) is 1. The number of hydrogen-bond acceptors (Lipinski definition) is 6. The Balaban J connectivity index is 2.28. The van der Waals surface area contributed by atoms with Crippen LogP contribution in [-0.2, 0) is 9.53 Å². The molecule has 1 N–H and O–H groups in total. The van der Waals surface area contributed by atoms with E-state index in [0.29, 0.717) is 32.3 Å². The van der Waals surface area contributed by atoms with E-state index in [9.17, 15) is 9.59 Å². The lowest BCUT2D eigenvalue weighted by molar-refractivity contribution is -0.114. The fraction of sp³-hybridized carbons (Fsp3) is 0.600. The average Bonchev–Trinajstić information content (AvgIpc) is 2.73. The van der Waals surface area contributed by atoms with Crippen LogP contribution in [0.25, 0.3) is 0 Å². The monoisotopic (exact) mass is 253 g/mol. The third-order valence-electron chi connectivity index (χ3n) is 2.47. The molecule has 0 saturated carbocycles. The summed E-state index contributed by atoms with van der Waals surface area (Å²) in [4.78, 5) is 28.5. The van der Waals surface area contributed by atoms with Gasteiger partial charge in [0.25, 0.3) is 5.95 Å². The lowest BCUT2D eigenvalue weighted by Crippen LogP contribution is -2.38. The molecule has 1 amide bonds. The van der Waals surface area contributed by atoms with E-state index in [4.69, 9.17) is 4.74 Å². The molecule has 1 aliphatic heterocycles. The Morgan fingerprint density at radius 2 is 1.94 bits per heavy atom. The zero-order valence-corrected chi connectivity index (χ0v) is 10.3. The smallest absolute Gasteiger partial charge is 0.251 e. The second-order valence-electron chi connectivity index (χ2n) is 3.95. The van der Waals surface area contributed by atoms with E-state index in [-0.39, 0.29) is 17.8 Å². The minimum atomic E-state index is -0.274. The van der Waals surface area contributed by atoms with Crippen molar-refractivity contribution in [2.45, 2.75) is 13.8 Å². The van der Waals surface area contributed by atoms with Crippen LogP contribution in [0, 0.1) is 0 Å². The third-order valence-corrected chi connectivity index (χ3v) is 2.47. The lowest BCUT2D eigenvalue weighted by Gasteiger charge is -2.26. The van der Waals surface area contributed by atoms with Gasteiger partial charge in [0.15, 0.2) is 0 Å². The zero-order valence-electron chi connectivity index (χ0n) is 10.3. The molecule has 1 aromatic heterocycles. The predicted molar refractivity (Wildman–Crippen MR) is 63.7 cm³/mol. The van der Waals surface area contributed by atoms with Crippen molar-refractivity contribution in [3.63, 3.8) is 0 Å². The first-order valence-corrected chi connectivity index (χ1v) is 5.66. The molecule has 2 heterocycles. The van der Waals surface area contributed by atoms with Crippen LogP contribution in [0.2, 0.25) is 0 Å². The van der Waals surface area contributed by atoms with Crippen molar-refractivity contribution in [3.05, 3.63) is 0 Å². The molecule has 0 bridgehead atoms. The number of nitrogens with zero attached hydrogens (tertiary/aromatic N) is 4. The number of carbonyl (C=O) groups excluding carboxylic acids is 2. The van der Waals surface area contributed by atoms with Crippen molar-refractivity contribution in [3.8, 4) is 0 Å². The maximum atomic E-state index is 11.5. The molecule has 8 nitrogen and oxygen atoms in total. The first kappa shape index (κ1) is 12.5. The van der Waals surface area contributed by atoms with Crippen molar-refractivity contribution in [1.82, 2.24) is 14.8 Å². The molecule has 2 rings (SSSR count). The molecule has 18 heavy (non-hydrogen) atoms. The van der Waals surface area contributed by atoms with Gasteiger partial charge >= 0.3 is 0 Å². The van der Waals surface area contributed by atoms with Gasteiger partial charge < -0.3 is 9.64 Å². The summed E-state index contributed by atoms with van der Waals surface area (Å²) >= 11 is 0. The second kappa shape index (κ2) is 5.13. The van der Waals surface area contributed by atoms with Crippen molar-refractivity contribution in [1.29, 1.82) is 0 Å². The Morgan fingerprint density at radius 3 is 2.50 bits per heavy atom. The normalized spacial score (nSPS) is 15.6. The van der Waals surface area contributed by atoms with Gasteiger partial charge in [-0.3, -0.25) is 14.9 Å². The fourth-order valence-electron chi connectivity index (χ4n) is 1.69. The quantitative estimate of drug-likeness (QED) is 0.780. The van der Waals surface area contributed by atoms with Crippen LogP contribution < -0.4 is 10.2 Å². The molecule has 0 spiro atoms. The summed E-state index contributed by atoms with van der Waals surface area (Å²) < 4.78 is 6.43. The van der Waals surface area contributed by atoms with E-state index in [1.807, 2.05) is 4.90 Å². The Labute approximate surface area is 104 Å². The number of carbonyl (C=O) groups is 2. The summed E-state index contributed by atoms with van der Waals surface area (Å²) in [5.74, 6) is 0.0542. The van der Waals surface area contributed by atoms with Crippen molar-refractivity contribution in [2.24, 2.45) is 0 Å². The van der Waals surface area contributed by atoms with Gasteiger partial charge in [0.1, 0.15) is 0 Å². The minimum absolute atomic E-state index is 0.138. The molecule has 0 atom stereocenters. The first-order chi connectivity index (χ1) is 8.58. The Kier molecular flexibility index (Phi) is 3.56. The van der Waals surface area contributed by atoms with Crippen LogP contribution in [0.3, 0.4) is 0 Å². The van der Waals surface area contributed by atoms with Crippen LogP contribution >= 0.6 is 0 Å². The predicted octanol–water partition coefficient (Wildman–Crippen LogP) is -0.267. The van der Waals surface area contributed by atoms with E-state index < -0.39 is 0 Å². The van der Waals surface area contributed by atoms with Crippen molar-refractivity contribution in [2.75, 3.05) is 36.5 Å². The molecule has 1 saturated heterocycles. The summed E-state index contributed by atoms with van der Waals surface area (Å²) in [7, 11) is 0. The highest BCUT2D eigenvalue weighted by atomic mass is 16.5. The summed E-state index contributed by atoms with van der Waals surface area (Å²) in [5, 5.41) is 6.43. The van der Waals surface area contributed by atoms with Gasteiger partial charge in [-0.25, -0.2) is 0 Å². The van der Waals surface area contributed by atoms with Gasteiger partial charge in [0.2, 0.25) is 17.8 Å². The molecule has 0 aromatic carbocycles. The largest absolute Gasteiger partial charge is 0.378 e. The standard InChI is InChI=1S/C10H15N5O3/c1-7(16)11-9-12-10(15(13-9)8(2)17)14-3-5-18-6-4-14/h3-6H2,1-2H3,(H,11,13,16). The number of nitrogens with one attached hydrogen (secondary N) is 1. The zero-order chi connectivity index (χ0) is 13.1. The number of amides is 1.